The normalized spacial score (nSPS) is 13.1. The second-order valence-electron chi connectivity index (χ2n) is 4.46. The molecule has 0 saturated carbocycles. The Morgan fingerprint density at radius 3 is 2.53 bits per heavy atom. The molecule has 0 aliphatic rings. The average Bonchev–Trinajstić information content (AvgIpc) is 2.27. The highest BCUT2D eigenvalue weighted by atomic mass is 35.5. The molecule has 1 rings (SSSR count). The second kappa shape index (κ2) is 5.79. The lowest BCUT2D eigenvalue weighted by atomic mass is 10.1. The molecule has 1 atom stereocenters. The topological polar surface area (TPSA) is 74.7 Å². The van der Waals surface area contributed by atoms with Crippen LogP contribution in [0.4, 0.5) is 5.69 Å². The van der Waals surface area contributed by atoms with E-state index in [9.17, 15) is 13.2 Å². The monoisotopic (exact) mass is 305 g/mol. The molecule has 0 spiro atoms. The molecule has 0 bridgehead atoms. The number of hydrogen-bond donors (Lipinski definition) is 1. The zero-order valence-corrected chi connectivity index (χ0v) is 12.5. The summed E-state index contributed by atoms with van der Waals surface area (Å²) in [6.45, 7) is 3.07. The Labute approximate surface area is 117 Å². The molecule has 0 aliphatic heterocycles. The molecule has 1 N–H and O–H groups in total. The van der Waals surface area contributed by atoms with Gasteiger partial charge in [-0.2, -0.15) is 0 Å². The van der Waals surface area contributed by atoms with Gasteiger partial charge in [0, 0.05) is 11.6 Å². The zero-order chi connectivity index (χ0) is 14.8. The van der Waals surface area contributed by atoms with Crippen LogP contribution in [0.1, 0.15) is 12.5 Å². The van der Waals surface area contributed by atoms with E-state index < -0.39 is 21.9 Å². The minimum absolute atomic E-state index is 0.130. The second-order valence-corrected chi connectivity index (χ2v) is 6.81. The van der Waals surface area contributed by atoms with Gasteiger partial charge in [-0.3, -0.25) is 9.10 Å². The molecular formula is C12H16ClNO4S. The lowest BCUT2D eigenvalue weighted by molar-refractivity contribution is -0.140. The molecular weight excluding hydrogens is 290 g/mol. The Morgan fingerprint density at radius 1 is 1.47 bits per heavy atom. The number of nitrogens with zero attached hydrogens (tertiary/aromatic N) is 1. The number of sulfonamides is 1. The maximum absolute atomic E-state index is 11.8. The van der Waals surface area contributed by atoms with Crippen molar-refractivity contribution in [3.8, 4) is 0 Å². The van der Waals surface area contributed by atoms with Gasteiger partial charge in [-0.25, -0.2) is 8.42 Å². The third kappa shape index (κ3) is 4.11. The van der Waals surface area contributed by atoms with Crippen LogP contribution >= 0.6 is 11.6 Å². The van der Waals surface area contributed by atoms with Gasteiger partial charge in [-0.15, -0.1) is 0 Å². The van der Waals surface area contributed by atoms with E-state index in [-0.39, 0.29) is 6.54 Å². The van der Waals surface area contributed by atoms with Crippen LogP contribution in [0, 0.1) is 12.8 Å². The van der Waals surface area contributed by atoms with E-state index in [1.54, 1.807) is 19.1 Å². The predicted octanol–water partition coefficient (Wildman–Crippen LogP) is 2.14. The maximum atomic E-state index is 11.8. The quantitative estimate of drug-likeness (QED) is 0.904. The number of anilines is 1. The van der Waals surface area contributed by atoms with Crippen molar-refractivity contribution in [2.45, 2.75) is 13.8 Å². The van der Waals surface area contributed by atoms with Gasteiger partial charge >= 0.3 is 5.97 Å². The average molecular weight is 306 g/mol. The standard InChI is InChI=1S/C12H16ClNO4S/c1-8-4-5-10(13)6-11(8)14(19(3,17)18)7-9(2)12(15)16/h4-6,9H,7H2,1-3H3,(H,15,16). The van der Waals surface area contributed by atoms with Crippen LogP contribution in [0.5, 0.6) is 0 Å². The molecule has 7 heteroatoms. The summed E-state index contributed by atoms with van der Waals surface area (Å²) in [6.07, 6.45) is 1.04. The van der Waals surface area contributed by atoms with Gasteiger partial charge in [0.1, 0.15) is 0 Å². The number of benzene rings is 1. The fraction of sp³-hybridized carbons (Fsp3) is 0.417. The summed E-state index contributed by atoms with van der Waals surface area (Å²) in [5, 5.41) is 9.32. The first kappa shape index (κ1) is 15.8. The number of carboxylic acids is 1. The van der Waals surface area contributed by atoms with Crippen molar-refractivity contribution in [3.05, 3.63) is 28.8 Å². The molecule has 106 valence electrons. The van der Waals surface area contributed by atoms with Gasteiger partial charge in [-0.1, -0.05) is 24.6 Å². The first-order chi connectivity index (χ1) is 8.62. The molecule has 5 nitrogen and oxygen atoms in total. The van der Waals surface area contributed by atoms with Crippen molar-refractivity contribution in [2.24, 2.45) is 5.92 Å². The minimum atomic E-state index is -3.57. The van der Waals surface area contributed by atoms with E-state index in [1.807, 2.05) is 0 Å². The number of aliphatic carboxylic acids is 1. The fourth-order valence-corrected chi connectivity index (χ4v) is 2.81. The lowest BCUT2D eigenvalue weighted by Gasteiger charge is -2.26. The van der Waals surface area contributed by atoms with Crippen molar-refractivity contribution >= 4 is 33.3 Å². The van der Waals surface area contributed by atoms with Crippen LogP contribution in [-0.4, -0.2) is 32.3 Å². The highest BCUT2D eigenvalue weighted by Gasteiger charge is 2.24. The summed E-state index contributed by atoms with van der Waals surface area (Å²) >= 11 is 5.87. The molecule has 1 aromatic rings. The fourth-order valence-electron chi connectivity index (χ4n) is 1.59. The van der Waals surface area contributed by atoms with Crippen LogP contribution in [0.15, 0.2) is 18.2 Å². The number of hydrogen-bond acceptors (Lipinski definition) is 3. The Bertz CT molecular complexity index is 585. The van der Waals surface area contributed by atoms with Gasteiger partial charge in [0.15, 0.2) is 0 Å². The summed E-state index contributed by atoms with van der Waals surface area (Å²) in [4.78, 5) is 10.9. The highest BCUT2D eigenvalue weighted by Crippen LogP contribution is 2.27. The summed E-state index contributed by atoms with van der Waals surface area (Å²) in [6, 6.07) is 4.87. The van der Waals surface area contributed by atoms with Crippen LogP contribution in [-0.2, 0) is 14.8 Å². The molecule has 0 saturated heterocycles. The molecule has 0 fully saturated rings. The summed E-state index contributed by atoms with van der Waals surface area (Å²) in [5.41, 5.74) is 1.12. The van der Waals surface area contributed by atoms with E-state index in [1.165, 1.54) is 13.0 Å². The summed E-state index contributed by atoms with van der Waals surface area (Å²) in [7, 11) is -3.57. The van der Waals surface area contributed by atoms with Crippen molar-refractivity contribution in [1.29, 1.82) is 0 Å². The van der Waals surface area contributed by atoms with E-state index >= 15 is 0 Å². The first-order valence-corrected chi connectivity index (χ1v) is 7.82. The lowest BCUT2D eigenvalue weighted by Crippen LogP contribution is -2.36. The highest BCUT2D eigenvalue weighted by molar-refractivity contribution is 7.92. The number of rotatable bonds is 5. The van der Waals surface area contributed by atoms with Gasteiger partial charge in [0.05, 0.1) is 17.9 Å². The number of aryl methyl sites for hydroxylation is 1. The molecule has 0 radical (unpaired) electrons. The van der Waals surface area contributed by atoms with E-state index in [4.69, 9.17) is 16.7 Å². The summed E-state index contributed by atoms with van der Waals surface area (Å²) < 4.78 is 24.8. The Balaban J connectivity index is 3.25. The maximum Gasteiger partial charge on any atom is 0.308 e. The van der Waals surface area contributed by atoms with Gasteiger partial charge < -0.3 is 5.11 Å². The van der Waals surface area contributed by atoms with E-state index in [0.717, 1.165) is 10.6 Å². The van der Waals surface area contributed by atoms with E-state index in [0.29, 0.717) is 16.3 Å². The molecule has 0 aliphatic carbocycles. The molecule has 1 unspecified atom stereocenters. The van der Waals surface area contributed by atoms with Crippen molar-refractivity contribution in [3.63, 3.8) is 0 Å². The largest absolute Gasteiger partial charge is 0.481 e. The van der Waals surface area contributed by atoms with Crippen LogP contribution < -0.4 is 4.31 Å². The number of halogens is 1. The van der Waals surface area contributed by atoms with Crippen LogP contribution in [0.2, 0.25) is 5.02 Å². The van der Waals surface area contributed by atoms with Crippen LogP contribution in [0.25, 0.3) is 0 Å². The van der Waals surface area contributed by atoms with Crippen molar-refractivity contribution in [1.82, 2.24) is 0 Å². The number of carboxylic acid groups (broad SMARTS) is 1. The van der Waals surface area contributed by atoms with Gasteiger partial charge in [0.2, 0.25) is 10.0 Å². The van der Waals surface area contributed by atoms with Gasteiger partial charge in [0.25, 0.3) is 0 Å². The first-order valence-electron chi connectivity index (χ1n) is 5.59. The number of carbonyl (C=O) groups is 1. The molecule has 0 heterocycles. The molecule has 1 aromatic carbocycles. The minimum Gasteiger partial charge on any atom is -0.481 e. The molecule has 0 aromatic heterocycles. The van der Waals surface area contributed by atoms with Gasteiger partial charge in [-0.05, 0) is 24.6 Å². The SMILES string of the molecule is Cc1ccc(Cl)cc1N(CC(C)C(=O)O)S(C)(=O)=O. The Hall–Kier alpha value is -1.27. The van der Waals surface area contributed by atoms with Crippen LogP contribution in [0.3, 0.4) is 0 Å². The molecule has 0 amide bonds. The Kier molecular flexibility index (Phi) is 4.81. The third-order valence-electron chi connectivity index (χ3n) is 2.70. The Morgan fingerprint density at radius 2 is 2.05 bits per heavy atom. The smallest absolute Gasteiger partial charge is 0.308 e. The third-order valence-corrected chi connectivity index (χ3v) is 4.08. The zero-order valence-electron chi connectivity index (χ0n) is 10.9. The van der Waals surface area contributed by atoms with Crippen molar-refractivity contribution < 1.29 is 18.3 Å². The molecule has 19 heavy (non-hydrogen) atoms. The van der Waals surface area contributed by atoms with E-state index in [2.05, 4.69) is 0 Å². The predicted molar refractivity (Wildman–Crippen MR) is 75.2 cm³/mol. The van der Waals surface area contributed by atoms with Crippen molar-refractivity contribution in [2.75, 3.05) is 17.1 Å². The summed E-state index contributed by atoms with van der Waals surface area (Å²) in [5.74, 6) is -1.86.